The Morgan fingerprint density at radius 1 is 1.60 bits per heavy atom. The Balaban J connectivity index is 2.78. The highest BCUT2D eigenvalue weighted by Crippen LogP contribution is 2.21. The summed E-state index contributed by atoms with van der Waals surface area (Å²) in [7, 11) is 0. The van der Waals surface area contributed by atoms with Crippen LogP contribution in [0.4, 0.5) is 0 Å². The van der Waals surface area contributed by atoms with Gasteiger partial charge in [0.15, 0.2) is 0 Å². The highest BCUT2D eigenvalue weighted by molar-refractivity contribution is 7.11. The van der Waals surface area contributed by atoms with E-state index >= 15 is 0 Å². The number of rotatable bonds is 2. The van der Waals surface area contributed by atoms with Crippen LogP contribution in [0.1, 0.15) is 36.6 Å². The van der Waals surface area contributed by atoms with E-state index in [0.717, 1.165) is 6.42 Å². The van der Waals surface area contributed by atoms with Crippen LogP contribution in [0.25, 0.3) is 0 Å². The predicted octanol–water partition coefficient (Wildman–Crippen LogP) is 2.83. The van der Waals surface area contributed by atoms with Crippen LogP contribution in [0.3, 0.4) is 0 Å². The quantitative estimate of drug-likeness (QED) is 0.640. The average Bonchev–Trinajstić information content (AvgIpc) is 2.34. The largest absolute Gasteiger partial charge is 0.249 e. The van der Waals surface area contributed by atoms with Crippen molar-refractivity contribution in [3.63, 3.8) is 0 Å². The summed E-state index contributed by atoms with van der Waals surface area (Å²) in [5.41, 5.74) is 0. The van der Waals surface area contributed by atoms with E-state index in [-0.39, 0.29) is 0 Å². The van der Waals surface area contributed by atoms with Crippen molar-refractivity contribution in [1.82, 2.24) is 4.98 Å². The molecule has 0 bridgehead atoms. The molecule has 56 valence electrons. The molecule has 1 rings (SSSR count). The molecule has 0 aromatic carbocycles. The SMILES string of the molecule is CCc1ncc(C(C)C)s1. The number of aromatic nitrogens is 1. The monoisotopic (exact) mass is 155 g/mol. The van der Waals surface area contributed by atoms with Crippen LogP contribution in [-0.2, 0) is 6.42 Å². The molecule has 1 heterocycles. The van der Waals surface area contributed by atoms with E-state index < -0.39 is 0 Å². The summed E-state index contributed by atoms with van der Waals surface area (Å²) in [4.78, 5) is 5.67. The Morgan fingerprint density at radius 2 is 2.30 bits per heavy atom. The highest BCUT2D eigenvalue weighted by atomic mass is 32.1. The van der Waals surface area contributed by atoms with E-state index in [9.17, 15) is 0 Å². The number of nitrogens with zero attached hydrogens (tertiary/aromatic N) is 1. The topological polar surface area (TPSA) is 12.9 Å². The molecule has 0 aliphatic rings. The molecule has 0 N–H and O–H groups in total. The third-order valence-electron chi connectivity index (χ3n) is 1.44. The zero-order valence-electron chi connectivity index (χ0n) is 6.72. The Bertz CT molecular complexity index is 203. The first kappa shape index (κ1) is 7.73. The first-order valence-corrected chi connectivity index (χ1v) is 4.50. The van der Waals surface area contributed by atoms with Crippen molar-refractivity contribution < 1.29 is 0 Å². The third kappa shape index (κ3) is 1.57. The van der Waals surface area contributed by atoms with Crippen molar-refractivity contribution in [3.05, 3.63) is 16.1 Å². The van der Waals surface area contributed by atoms with Gasteiger partial charge in [-0.25, -0.2) is 4.98 Å². The molecule has 0 spiro atoms. The fourth-order valence-electron chi connectivity index (χ4n) is 0.755. The molecule has 0 radical (unpaired) electrons. The molecule has 2 heteroatoms. The summed E-state index contributed by atoms with van der Waals surface area (Å²) in [5, 5.41) is 1.25. The number of hydrogen-bond donors (Lipinski definition) is 0. The summed E-state index contributed by atoms with van der Waals surface area (Å²) in [6.07, 6.45) is 3.06. The van der Waals surface area contributed by atoms with Gasteiger partial charge < -0.3 is 0 Å². The van der Waals surface area contributed by atoms with Gasteiger partial charge in [-0.2, -0.15) is 0 Å². The van der Waals surface area contributed by atoms with Gasteiger partial charge >= 0.3 is 0 Å². The van der Waals surface area contributed by atoms with Crippen molar-refractivity contribution >= 4 is 11.3 Å². The van der Waals surface area contributed by atoms with Gasteiger partial charge in [-0.3, -0.25) is 0 Å². The first-order valence-electron chi connectivity index (χ1n) is 3.68. The molecule has 1 nitrogen and oxygen atoms in total. The van der Waals surface area contributed by atoms with Crippen LogP contribution < -0.4 is 0 Å². The molecule has 1 aromatic heterocycles. The molecule has 0 saturated heterocycles. The lowest BCUT2D eigenvalue weighted by Crippen LogP contribution is -1.77. The van der Waals surface area contributed by atoms with Crippen molar-refractivity contribution in [1.29, 1.82) is 0 Å². The van der Waals surface area contributed by atoms with Crippen molar-refractivity contribution in [3.8, 4) is 0 Å². The van der Waals surface area contributed by atoms with Crippen LogP contribution in [0.2, 0.25) is 0 Å². The summed E-state index contributed by atoms with van der Waals surface area (Å²) >= 11 is 1.83. The summed E-state index contributed by atoms with van der Waals surface area (Å²) in [5.74, 6) is 0.637. The summed E-state index contributed by atoms with van der Waals surface area (Å²) in [6, 6.07) is 0. The van der Waals surface area contributed by atoms with Gasteiger partial charge in [-0.05, 0) is 12.3 Å². The second-order valence-electron chi connectivity index (χ2n) is 2.66. The molecule has 0 atom stereocenters. The minimum atomic E-state index is 0.637. The van der Waals surface area contributed by atoms with Gasteiger partial charge in [0.05, 0.1) is 5.01 Å². The maximum absolute atomic E-state index is 4.27. The minimum Gasteiger partial charge on any atom is -0.249 e. The van der Waals surface area contributed by atoms with E-state index in [1.165, 1.54) is 9.88 Å². The van der Waals surface area contributed by atoms with Crippen molar-refractivity contribution in [2.45, 2.75) is 33.1 Å². The lowest BCUT2D eigenvalue weighted by Gasteiger charge is -1.95. The molecular formula is C8H13NS. The van der Waals surface area contributed by atoms with Gasteiger partial charge in [-0.15, -0.1) is 11.3 Å². The lowest BCUT2D eigenvalue weighted by atomic mass is 10.2. The van der Waals surface area contributed by atoms with Gasteiger partial charge in [0.2, 0.25) is 0 Å². The standard InChI is InChI=1S/C8H13NS/c1-4-8-9-5-7(10-8)6(2)3/h5-6H,4H2,1-3H3. The Kier molecular flexibility index (Phi) is 2.44. The van der Waals surface area contributed by atoms with Gasteiger partial charge in [0, 0.05) is 11.1 Å². The summed E-state index contributed by atoms with van der Waals surface area (Å²) < 4.78 is 0. The molecule has 0 saturated carbocycles. The van der Waals surface area contributed by atoms with E-state index in [0.29, 0.717) is 5.92 Å². The highest BCUT2D eigenvalue weighted by Gasteiger charge is 2.02. The van der Waals surface area contributed by atoms with Crippen LogP contribution in [-0.4, -0.2) is 4.98 Å². The zero-order chi connectivity index (χ0) is 7.56. The van der Waals surface area contributed by atoms with E-state index in [1.807, 2.05) is 17.5 Å². The second-order valence-corrected chi connectivity index (χ2v) is 3.81. The number of hydrogen-bond acceptors (Lipinski definition) is 2. The van der Waals surface area contributed by atoms with Crippen LogP contribution in [0.5, 0.6) is 0 Å². The van der Waals surface area contributed by atoms with E-state index in [1.54, 1.807) is 0 Å². The molecule has 0 aliphatic carbocycles. The second kappa shape index (κ2) is 3.15. The van der Waals surface area contributed by atoms with Crippen molar-refractivity contribution in [2.24, 2.45) is 0 Å². The fraction of sp³-hybridized carbons (Fsp3) is 0.625. The number of aryl methyl sites for hydroxylation is 1. The molecule has 0 amide bonds. The van der Waals surface area contributed by atoms with Gasteiger partial charge in [0.25, 0.3) is 0 Å². The maximum atomic E-state index is 4.27. The molecular weight excluding hydrogens is 142 g/mol. The van der Waals surface area contributed by atoms with Gasteiger partial charge in [-0.1, -0.05) is 20.8 Å². The molecule has 0 unspecified atom stereocenters. The van der Waals surface area contributed by atoms with E-state index in [2.05, 4.69) is 25.8 Å². The van der Waals surface area contributed by atoms with E-state index in [4.69, 9.17) is 0 Å². The smallest absolute Gasteiger partial charge is 0.0925 e. The predicted molar refractivity (Wildman–Crippen MR) is 45.6 cm³/mol. The Labute approximate surface area is 66.1 Å². The Morgan fingerprint density at radius 3 is 2.60 bits per heavy atom. The summed E-state index contributed by atoms with van der Waals surface area (Å²) in [6.45, 7) is 6.54. The normalized spacial score (nSPS) is 10.8. The van der Waals surface area contributed by atoms with Gasteiger partial charge in [0.1, 0.15) is 0 Å². The lowest BCUT2D eigenvalue weighted by molar-refractivity contribution is 0.885. The maximum Gasteiger partial charge on any atom is 0.0925 e. The Hall–Kier alpha value is -0.370. The first-order chi connectivity index (χ1) is 4.74. The minimum absolute atomic E-state index is 0.637. The van der Waals surface area contributed by atoms with Crippen LogP contribution >= 0.6 is 11.3 Å². The molecule has 10 heavy (non-hydrogen) atoms. The number of thiazole rings is 1. The average molecular weight is 155 g/mol. The van der Waals surface area contributed by atoms with Crippen LogP contribution in [0, 0.1) is 0 Å². The zero-order valence-corrected chi connectivity index (χ0v) is 7.53. The third-order valence-corrected chi connectivity index (χ3v) is 2.89. The molecule has 0 aliphatic heterocycles. The van der Waals surface area contributed by atoms with Crippen molar-refractivity contribution in [2.75, 3.05) is 0 Å². The fourth-order valence-corrected chi connectivity index (χ4v) is 1.62. The van der Waals surface area contributed by atoms with Crippen LogP contribution in [0.15, 0.2) is 6.20 Å². The molecule has 1 aromatic rings. The molecule has 0 fully saturated rings.